The van der Waals surface area contributed by atoms with E-state index in [4.69, 9.17) is 5.11 Å². The van der Waals surface area contributed by atoms with E-state index in [2.05, 4.69) is 0 Å². The van der Waals surface area contributed by atoms with Gasteiger partial charge in [-0.25, -0.2) is 4.79 Å². The first-order valence-electron chi connectivity index (χ1n) is 4.38. The van der Waals surface area contributed by atoms with Crippen molar-refractivity contribution >= 4 is 5.97 Å². The van der Waals surface area contributed by atoms with Crippen LogP contribution in [0.2, 0.25) is 0 Å². The molecule has 0 unspecified atom stereocenters. The molecule has 14 heavy (non-hydrogen) atoms. The largest absolute Gasteiger partial charge is 0.478 e. The highest BCUT2D eigenvalue weighted by Gasteiger charge is 2.18. The van der Waals surface area contributed by atoms with E-state index in [-0.39, 0.29) is 5.56 Å². The van der Waals surface area contributed by atoms with Gasteiger partial charge >= 0.3 is 5.97 Å². The molecule has 1 aromatic carbocycles. The lowest BCUT2D eigenvalue weighted by Crippen LogP contribution is -2.16. The number of aryl methyl sites for hydroxylation is 1. The molecule has 76 valence electrons. The van der Waals surface area contributed by atoms with Gasteiger partial charge in [-0.1, -0.05) is 6.07 Å². The zero-order chi connectivity index (χ0) is 10.9. The average Bonchev–Trinajstić information content (AvgIpc) is 2.01. The molecule has 0 aliphatic heterocycles. The standard InChI is InChI=1S/C11H14O3/c1-7-4-8(10(12)13)6-9(5-7)11(2,3)14/h4-6,14H,1-3H3,(H,12,13). The van der Waals surface area contributed by atoms with E-state index in [0.29, 0.717) is 5.56 Å². The van der Waals surface area contributed by atoms with Crippen LogP contribution in [0.4, 0.5) is 0 Å². The summed E-state index contributed by atoms with van der Waals surface area (Å²) in [5.74, 6) is -0.973. The number of carboxylic acids is 1. The van der Waals surface area contributed by atoms with Crippen molar-refractivity contribution in [3.8, 4) is 0 Å². The van der Waals surface area contributed by atoms with E-state index in [1.807, 2.05) is 6.92 Å². The Kier molecular flexibility index (Phi) is 2.62. The lowest BCUT2D eigenvalue weighted by atomic mass is 9.94. The molecule has 1 rings (SSSR count). The molecular weight excluding hydrogens is 180 g/mol. The molecule has 0 heterocycles. The topological polar surface area (TPSA) is 57.5 Å². The van der Waals surface area contributed by atoms with E-state index in [1.165, 1.54) is 6.07 Å². The monoisotopic (exact) mass is 194 g/mol. The summed E-state index contributed by atoms with van der Waals surface area (Å²) in [4.78, 5) is 10.8. The molecule has 0 saturated heterocycles. The van der Waals surface area contributed by atoms with Crippen LogP contribution in [0.5, 0.6) is 0 Å². The van der Waals surface area contributed by atoms with Gasteiger partial charge in [0.15, 0.2) is 0 Å². The van der Waals surface area contributed by atoms with Crippen LogP contribution in [0.3, 0.4) is 0 Å². The number of aromatic carboxylic acids is 1. The van der Waals surface area contributed by atoms with Crippen molar-refractivity contribution in [1.82, 2.24) is 0 Å². The molecule has 0 aliphatic carbocycles. The van der Waals surface area contributed by atoms with Gasteiger partial charge in [-0.2, -0.15) is 0 Å². The van der Waals surface area contributed by atoms with Crippen molar-refractivity contribution in [3.05, 3.63) is 34.9 Å². The summed E-state index contributed by atoms with van der Waals surface area (Å²) in [6.07, 6.45) is 0. The molecule has 0 saturated carbocycles. The minimum atomic E-state index is -1.00. The van der Waals surface area contributed by atoms with Gasteiger partial charge < -0.3 is 10.2 Å². The Morgan fingerprint density at radius 3 is 2.29 bits per heavy atom. The maximum atomic E-state index is 10.8. The van der Waals surface area contributed by atoms with Crippen LogP contribution in [-0.2, 0) is 5.60 Å². The Balaban J connectivity index is 3.28. The number of benzene rings is 1. The van der Waals surface area contributed by atoms with E-state index in [0.717, 1.165) is 5.56 Å². The maximum Gasteiger partial charge on any atom is 0.335 e. The van der Waals surface area contributed by atoms with Gasteiger partial charge in [0.2, 0.25) is 0 Å². The first-order valence-corrected chi connectivity index (χ1v) is 4.38. The zero-order valence-corrected chi connectivity index (χ0v) is 8.53. The Labute approximate surface area is 83.0 Å². The SMILES string of the molecule is Cc1cc(C(=O)O)cc(C(C)(C)O)c1. The Bertz CT molecular complexity index is 361. The fraction of sp³-hybridized carbons (Fsp3) is 0.364. The van der Waals surface area contributed by atoms with Crippen molar-refractivity contribution < 1.29 is 15.0 Å². The number of rotatable bonds is 2. The second-order valence-corrected chi connectivity index (χ2v) is 3.95. The highest BCUT2D eigenvalue weighted by Crippen LogP contribution is 2.22. The van der Waals surface area contributed by atoms with Gasteiger partial charge in [-0.3, -0.25) is 0 Å². The van der Waals surface area contributed by atoms with Gasteiger partial charge in [-0.15, -0.1) is 0 Å². The van der Waals surface area contributed by atoms with Crippen LogP contribution in [0.15, 0.2) is 18.2 Å². The molecule has 0 radical (unpaired) electrons. The smallest absolute Gasteiger partial charge is 0.335 e. The Hall–Kier alpha value is -1.35. The van der Waals surface area contributed by atoms with E-state index in [1.54, 1.807) is 26.0 Å². The summed E-state index contributed by atoms with van der Waals surface area (Å²) in [7, 11) is 0. The summed E-state index contributed by atoms with van der Waals surface area (Å²) < 4.78 is 0. The third-order valence-electron chi connectivity index (χ3n) is 2.03. The molecule has 0 fully saturated rings. The molecular formula is C11H14O3. The predicted molar refractivity (Wildman–Crippen MR) is 53.4 cm³/mol. The number of carbonyl (C=O) groups is 1. The van der Waals surface area contributed by atoms with Gasteiger partial charge in [0.1, 0.15) is 0 Å². The third-order valence-corrected chi connectivity index (χ3v) is 2.03. The van der Waals surface area contributed by atoms with Crippen LogP contribution in [0.1, 0.15) is 35.3 Å². The second kappa shape index (κ2) is 3.42. The second-order valence-electron chi connectivity index (χ2n) is 3.95. The zero-order valence-electron chi connectivity index (χ0n) is 8.53. The summed E-state index contributed by atoms with van der Waals surface area (Å²) in [5, 5.41) is 18.5. The molecule has 1 aromatic rings. The number of hydrogen-bond acceptors (Lipinski definition) is 2. The van der Waals surface area contributed by atoms with Crippen LogP contribution in [0, 0.1) is 6.92 Å². The van der Waals surface area contributed by atoms with Crippen molar-refractivity contribution in [2.45, 2.75) is 26.4 Å². The first kappa shape index (κ1) is 10.7. The molecule has 0 bridgehead atoms. The Morgan fingerprint density at radius 1 is 1.29 bits per heavy atom. The lowest BCUT2D eigenvalue weighted by molar-refractivity contribution is 0.0693. The summed E-state index contributed by atoms with van der Waals surface area (Å²) in [6.45, 7) is 5.07. The van der Waals surface area contributed by atoms with Crippen LogP contribution < -0.4 is 0 Å². The molecule has 0 aromatic heterocycles. The number of aliphatic hydroxyl groups is 1. The third kappa shape index (κ3) is 2.33. The van der Waals surface area contributed by atoms with Crippen molar-refractivity contribution in [3.63, 3.8) is 0 Å². The van der Waals surface area contributed by atoms with Crippen molar-refractivity contribution in [1.29, 1.82) is 0 Å². The van der Waals surface area contributed by atoms with Crippen molar-refractivity contribution in [2.24, 2.45) is 0 Å². The van der Waals surface area contributed by atoms with Gasteiger partial charge in [0.05, 0.1) is 11.2 Å². The van der Waals surface area contributed by atoms with E-state index in [9.17, 15) is 9.90 Å². The molecule has 0 atom stereocenters. The molecule has 0 aliphatic rings. The summed E-state index contributed by atoms with van der Waals surface area (Å²) >= 11 is 0. The number of carboxylic acid groups (broad SMARTS) is 1. The predicted octanol–water partition coefficient (Wildman–Crippen LogP) is 1.92. The Morgan fingerprint density at radius 2 is 1.86 bits per heavy atom. The molecule has 2 N–H and O–H groups in total. The highest BCUT2D eigenvalue weighted by atomic mass is 16.4. The first-order chi connectivity index (χ1) is 6.30. The highest BCUT2D eigenvalue weighted by molar-refractivity contribution is 5.88. The van der Waals surface area contributed by atoms with Crippen LogP contribution in [-0.4, -0.2) is 16.2 Å². The average molecular weight is 194 g/mol. The lowest BCUT2D eigenvalue weighted by Gasteiger charge is -2.18. The van der Waals surface area contributed by atoms with Crippen LogP contribution in [0.25, 0.3) is 0 Å². The van der Waals surface area contributed by atoms with Gasteiger partial charge in [0.25, 0.3) is 0 Å². The van der Waals surface area contributed by atoms with E-state index < -0.39 is 11.6 Å². The van der Waals surface area contributed by atoms with Gasteiger partial charge in [0, 0.05) is 0 Å². The van der Waals surface area contributed by atoms with Crippen molar-refractivity contribution in [2.75, 3.05) is 0 Å². The normalized spacial score (nSPS) is 11.4. The summed E-state index contributed by atoms with van der Waals surface area (Å²) in [5.41, 5.74) is 0.662. The van der Waals surface area contributed by atoms with Crippen LogP contribution >= 0.6 is 0 Å². The fourth-order valence-electron chi connectivity index (χ4n) is 1.26. The fourth-order valence-corrected chi connectivity index (χ4v) is 1.26. The minimum Gasteiger partial charge on any atom is -0.478 e. The van der Waals surface area contributed by atoms with Gasteiger partial charge in [-0.05, 0) is 44.0 Å². The molecule has 0 amide bonds. The maximum absolute atomic E-state index is 10.8. The number of hydrogen-bond donors (Lipinski definition) is 2. The molecule has 0 spiro atoms. The molecule has 3 nitrogen and oxygen atoms in total. The minimum absolute atomic E-state index is 0.210. The molecule has 3 heteroatoms. The van der Waals surface area contributed by atoms with E-state index >= 15 is 0 Å². The summed E-state index contributed by atoms with van der Waals surface area (Å²) in [6, 6.07) is 4.86. The quantitative estimate of drug-likeness (QED) is 0.756.